The second kappa shape index (κ2) is 8.26. The van der Waals surface area contributed by atoms with E-state index in [1.54, 1.807) is 0 Å². The minimum atomic E-state index is 0.0429. The minimum absolute atomic E-state index is 0.0429. The van der Waals surface area contributed by atoms with Gasteiger partial charge in [0.05, 0.1) is 0 Å². The van der Waals surface area contributed by atoms with E-state index in [1.807, 2.05) is 41.3 Å². The van der Waals surface area contributed by atoms with E-state index in [4.69, 9.17) is 0 Å². The Morgan fingerprint density at radius 2 is 1.59 bits per heavy atom. The highest BCUT2D eigenvalue weighted by Gasteiger charge is 2.22. The van der Waals surface area contributed by atoms with Crippen LogP contribution < -0.4 is 9.80 Å². The fourth-order valence-corrected chi connectivity index (χ4v) is 4.02. The third-order valence-electron chi connectivity index (χ3n) is 5.71. The van der Waals surface area contributed by atoms with E-state index in [9.17, 15) is 4.79 Å². The van der Waals surface area contributed by atoms with Gasteiger partial charge in [-0.25, -0.2) is 0 Å². The molecule has 3 aromatic carbocycles. The van der Waals surface area contributed by atoms with Crippen LogP contribution in [0.25, 0.3) is 10.8 Å². The molecular weight excluding hydrogens is 358 g/mol. The van der Waals surface area contributed by atoms with E-state index in [0.717, 1.165) is 48.2 Å². The van der Waals surface area contributed by atoms with Crippen LogP contribution in [0.5, 0.6) is 0 Å². The van der Waals surface area contributed by atoms with E-state index >= 15 is 0 Å². The first kappa shape index (κ1) is 19.5. The molecule has 1 aliphatic rings. The number of hydrogen-bond donors (Lipinski definition) is 0. The molecule has 0 saturated carbocycles. The highest BCUT2D eigenvalue weighted by atomic mass is 16.2. The van der Waals surface area contributed by atoms with Gasteiger partial charge in [-0.15, -0.1) is 0 Å². The smallest absolute Gasteiger partial charge is 0.258 e. The lowest BCUT2D eigenvalue weighted by atomic mass is 10.1. The first-order valence-electron chi connectivity index (χ1n) is 10.4. The standard InChI is InChI=1S/C25H29N3O/c1-19(2)28(25(29)22-12-11-20-7-4-5-8-21(20)17-22)24-10-6-9-23(18-24)27-15-13-26(3)14-16-27/h4-12,17-19H,13-16H2,1-3H3. The summed E-state index contributed by atoms with van der Waals surface area (Å²) in [5.74, 6) is 0.0429. The number of nitrogens with zero attached hydrogens (tertiary/aromatic N) is 3. The quantitative estimate of drug-likeness (QED) is 0.652. The summed E-state index contributed by atoms with van der Waals surface area (Å²) in [4.78, 5) is 20.1. The summed E-state index contributed by atoms with van der Waals surface area (Å²) in [5.41, 5.74) is 2.87. The molecule has 4 nitrogen and oxygen atoms in total. The molecule has 4 heteroatoms. The second-order valence-corrected chi connectivity index (χ2v) is 8.14. The minimum Gasteiger partial charge on any atom is -0.369 e. The Kier molecular flexibility index (Phi) is 5.54. The zero-order chi connectivity index (χ0) is 20.4. The van der Waals surface area contributed by atoms with Crippen LogP contribution in [0.15, 0.2) is 66.7 Å². The van der Waals surface area contributed by atoms with Crippen molar-refractivity contribution < 1.29 is 4.79 Å². The number of carbonyl (C=O) groups excluding carboxylic acids is 1. The second-order valence-electron chi connectivity index (χ2n) is 8.14. The van der Waals surface area contributed by atoms with Crippen molar-refractivity contribution >= 4 is 28.1 Å². The number of rotatable bonds is 4. The van der Waals surface area contributed by atoms with Gasteiger partial charge in [0.2, 0.25) is 0 Å². The molecule has 0 unspecified atom stereocenters. The highest BCUT2D eigenvalue weighted by Crippen LogP contribution is 2.27. The predicted molar refractivity (Wildman–Crippen MR) is 122 cm³/mol. The Balaban J connectivity index is 1.64. The van der Waals surface area contributed by atoms with E-state index in [-0.39, 0.29) is 11.9 Å². The summed E-state index contributed by atoms with van der Waals surface area (Å²) in [6.45, 7) is 8.30. The molecule has 150 valence electrons. The maximum absolute atomic E-state index is 13.5. The van der Waals surface area contributed by atoms with Gasteiger partial charge in [0, 0.05) is 49.2 Å². The third-order valence-corrected chi connectivity index (χ3v) is 5.71. The van der Waals surface area contributed by atoms with Gasteiger partial charge >= 0.3 is 0 Å². The zero-order valence-corrected chi connectivity index (χ0v) is 17.5. The summed E-state index contributed by atoms with van der Waals surface area (Å²) in [7, 11) is 2.16. The van der Waals surface area contributed by atoms with Crippen LogP contribution in [0.1, 0.15) is 24.2 Å². The van der Waals surface area contributed by atoms with Gasteiger partial charge in [-0.3, -0.25) is 4.79 Å². The Bertz CT molecular complexity index is 1010. The predicted octanol–water partition coefficient (Wildman–Crippen LogP) is 4.65. The van der Waals surface area contributed by atoms with Gasteiger partial charge in [0.25, 0.3) is 5.91 Å². The Labute approximate surface area is 173 Å². The molecule has 0 N–H and O–H groups in total. The number of piperazine rings is 1. The molecule has 0 aliphatic carbocycles. The maximum Gasteiger partial charge on any atom is 0.258 e. The lowest BCUT2D eigenvalue weighted by Crippen LogP contribution is -2.44. The van der Waals surface area contributed by atoms with Crippen molar-refractivity contribution in [2.75, 3.05) is 43.0 Å². The molecule has 1 aliphatic heterocycles. The summed E-state index contributed by atoms with van der Waals surface area (Å²) >= 11 is 0. The number of fused-ring (bicyclic) bond motifs is 1. The number of amides is 1. The normalized spacial score (nSPS) is 15.1. The number of benzene rings is 3. The lowest BCUT2D eigenvalue weighted by molar-refractivity contribution is 0.0980. The topological polar surface area (TPSA) is 26.8 Å². The van der Waals surface area contributed by atoms with Gasteiger partial charge in [0.15, 0.2) is 0 Å². The lowest BCUT2D eigenvalue weighted by Gasteiger charge is -2.35. The van der Waals surface area contributed by atoms with Crippen molar-refractivity contribution in [2.24, 2.45) is 0 Å². The van der Waals surface area contributed by atoms with Gasteiger partial charge in [-0.2, -0.15) is 0 Å². The number of anilines is 2. The van der Waals surface area contributed by atoms with Crippen molar-refractivity contribution in [2.45, 2.75) is 19.9 Å². The molecule has 0 spiro atoms. The molecule has 1 heterocycles. The first-order chi connectivity index (χ1) is 14.0. The van der Waals surface area contributed by atoms with Crippen LogP contribution in [0.2, 0.25) is 0 Å². The Morgan fingerprint density at radius 1 is 0.862 bits per heavy atom. The number of likely N-dealkylation sites (N-methyl/N-ethyl adjacent to an activating group) is 1. The first-order valence-corrected chi connectivity index (χ1v) is 10.4. The Hall–Kier alpha value is -2.85. The van der Waals surface area contributed by atoms with Crippen molar-refractivity contribution in [1.29, 1.82) is 0 Å². The van der Waals surface area contributed by atoms with Gasteiger partial charge in [0.1, 0.15) is 0 Å². The average Bonchev–Trinajstić information content (AvgIpc) is 2.74. The Morgan fingerprint density at radius 3 is 2.31 bits per heavy atom. The highest BCUT2D eigenvalue weighted by molar-refractivity contribution is 6.08. The number of carbonyl (C=O) groups is 1. The van der Waals surface area contributed by atoms with Crippen molar-refractivity contribution in [3.8, 4) is 0 Å². The molecule has 1 saturated heterocycles. The van der Waals surface area contributed by atoms with Crippen LogP contribution >= 0.6 is 0 Å². The van der Waals surface area contributed by atoms with E-state index in [0.29, 0.717) is 0 Å². The molecule has 4 rings (SSSR count). The van der Waals surface area contributed by atoms with Crippen LogP contribution in [0.3, 0.4) is 0 Å². The monoisotopic (exact) mass is 387 g/mol. The van der Waals surface area contributed by atoms with Crippen LogP contribution in [0.4, 0.5) is 11.4 Å². The van der Waals surface area contributed by atoms with Gasteiger partial charge in [-0.1, -0.05) is 36.4 Å². The van der Waals surface area contributed by atoms with Crippen LogP contribution in [-0.4, -0.2) is 50.1 Å². The van der Waals surface area contributed by atoms with Gasteiger partial charge in [-0.05, 0) is 62.0 Å². The summed E-state index contributed by atoms with van der Waals surface area (Å²) < 4.78 is 0. The molecule has 0 radical (unpaired) electrons. The van der Waals surface area contributed by atoms with Crippen molar-refractivity contribution in [1.82, 2.24) is 4.90 Å². The number of hydrogen-bond acceptors (Lipinski definition) is 3. The molecule has 0 atom stereocenters. The fraction of sp³-hybridized carbons (Fsp3) is 0.320. The van der Waals surface area contributed by atoms with E-state index < -0.39 is 0 Å². The molecule has 0 aromatic heterocycles. The molecular formula is C25H29N3O. The van der Waals surface area contributed by atoms with Crippen molar-refractivity contribution in [3.05, 3.63) is 72.3 Å². The average molecular weight is 388 g/mol. The molecule has 29 heavy (non-hydrogen) atoms. The van der Waals surface area contributed by atoms with Crippen LogP contribution in [0, 0.1) is 0 Å². The maximum atomic E-state index is 13.5. The van der Waals surface area contributed by atoms with Crippen LogP contribution in [-0.2, 0) is 0 Å². The zero-order valence-electron chi connectivity index (χ0n) is 17.5. The van der Waals surface area contributed by atoms with Gasteiger partial charge < -0.3 is 14.7 Å². The molecule has 0 bridgehead atoms. The largest absolute Gasteiger partial charge is 0.369 e. The van der Waals surface area contributed by atoms with E-state index in [1.165, 1.54) is 5.69 Å². The molecule has 3 aromatic rings. The summed E-state index contributed by atoms with van der Waals surface area (Å²) in [6, 6.07) is 22.6. The van der Waals surface area contributed by atoms with Crippen molar-refractivity contribution in [3.63, 3.8) is 0 Å². The summed E-state index contributed by atoms with van der Waals surface area (Å²) in [6.07, 6.45) is 0. The summed E-state index contributed by atoms with van der Waals surface area (Å²) in [5, 5.41) is 2.24. The molecule has 1 fully saturated rings. The SMILES string of the molecule is CC(C)N(C(=O)c1ccc2ccccc2c1)c1cccc(N2CCN(C)CC2)c1. The molecule has 1 amide bonds. The third kappa shape index (κ3) is 4.13. The fourth-order valence-electron chi connectivity index (χ4n) is 4.02. The van der Waals surface area contributed by atoms with E-state index in [2.05, 4.69) is 61.0 Å².